The van der Waals surface area contributed by atoms with E-state index in [1.165, 1.54) is 12.0 Å². The Labute approximate surface area is 184 Å². The summed E-state index contributed by atoms with van der Waals surface area (Å²) in [7, 11) is 3.08. The van der Waals surface area contributed by atoms with Crippen molar-refractivity contribution in [3.63, 3.8) is 0 Å². The molecule has 2 aromatic carbocycles. The van der Waals surface area contributed by atoms with Gasteiger partial charge in [0.25, 0.3) is 11.7 Å². The topological polar surface area (TPSA) is 76.1 Å². The zero-order valence-corrected chi connectivity index (χ0v) is 18.7. The van der Waals surface area contributed by atoms with E-state index in [2.05, 4.69) is 22.9 Å². The van der Waals surface area contributed by atoms with Gasteiger partial charge >= 0.3 is 0 Å². The Bertz CT molecular complexity index is 984. The number of ketones is 1. The number of ether oxygens (including phenoxy) is 2. The van der Waals surface area contributed by atoms with Crippen LogP contribution in [0, 0.1) is 0 Å². The number of aryl methyl sites for hydroxylation is 1. The molecule has 0 saturated carbocycles. The van der Waals surface area contributed by atoms with Crippen molar-refractivity contribution in [1.82, 2.24) is 4.90 Å². The van der Waals surface area contributed by atoms with Crippen molar-refractivity contribution in [3.05, 3.63) is 69.2 Å². The number of nitrogens with zero attached hydrogens (tertiary/aromatic N) is 1. The predicted molar refractivity (Wildman–Crippen MR) is 117 cm³/mol. The summed E-state index contributed by atoms with van der Waals surface area (Å²) in [5.41, 5.74) is 2.39. The van der Waals surface area contributed by atoms with Crippen molar-refractivity contribution >= 4 is 33.4 Å². The predicted octanol–water partition coefficient (Wildman–Crippen LogP) is 4.09. The lowest BCUT2D eigenvalue weighted by Crippen LogP contribution is -2.32. The molecule has 0 radical (unpaired) electrons. The Hall–Kier alpha value is -2.64. The van der Waals surface area contributed by atoms with Gasteiger partial charge in [0.05, 0.1) is 29.8 Å². The van der Waals surface area contributed by atoms with Crippen LogP contribution in [0.25, 0.3) is 5.76 Å². The molecule has 6 nitrogen and oxygen atoms in total. The van der Waals surface area contributed by atoms with Crippen LogP contribution in [0.1, 0.15) is 29.7 Å². The minimum Gasteiger partial charge on any atom is -0.507 e. The summed E-state index contributed by atoms with van der Waals surface area (Å²) in [5.74, 6) is -0.981. The van der Waals surface area contributed by atoms with Gasteiger partial charge in [-0.2, -0.15) is 0 Å². The van der Waals surface area contributed by atoms with E-state index in [0.717, 1.165) is 17.5 Å². The number of halogens is 1. The van der Waals surface area contributed by atoms with E-state index in [1.54, 1.807) is 25.3 Å². The number of benzene rings is 2. The molecule has 1 amide bonds. The lowest BCUT2D eigenvalue weighted by Gasteiger charge is -2.25. The van der Waals surface area contributed by atoms with Crippen molar-refractivity contribution in [2.45, 2.75) is 19.4 Å². The standard InChI is InChI=1S/C23H24BrNO5/c1-4-14-5-7-15(8-6-14)20-19(22(27)23(28)25(20)11-12-29-2)21(26)16-9-10-18(30-3)17(24)13-16/h5-10,13,20,26H,4,11-12H2,1-3H3/b21-19-. The number of aliphatic hydroxyl groups is 1. The molecule has 1 aliphatic heterocycles. The zero-order chi connectivity index (χ0) is 21.8. The minimum absolute atomic E-state index is 0.0671. The maximum Gasteiger partial charge on any atom is 0.295 e. The van der Waals surface area contributed by atoms with E-state index in [9.17, 15) is 14.7 Å². The quantitative estimate of drug-likeness (QED) is 0.372. The molecule has 30 heavy (non-hydrogen) atoms. The van der Waals surface area contributed by atoms with Crippen LogP contribution in [0.15, 0.2) is 52.5 Å². The lowest BCUT2D eigenvalue weighted by atomic mass is 9.94. The number of rotatable bonds is 7. The van der Waals surface area contributed by atoms with Crippen LogP contribution in [-0.2, 0) is 20.7 Å². The number of methoxy groups -OCH3 is 2. The molecule has 0 spiro atoms. The molecule has 0 aromatic heterocycles. The Balaban J connectivity index is 2.14. The Morgan fingerprint density at radius 1 is 1.13 bits per heavy atom. The molecule has 2 aromatic rings. The summed E-state index contributed by atoms with van der Waals surface area (Å²) in [6, 6.07) is 12.0. The first-order valence-electron chi connectivity index (χ1n) is 9.63. The molecule has 1 heterocycles. The van der Waals surface area contributed by atoms with Gasteiger partial charge in [-0.3, -0.25) is 9.59 Å². The monoisotopic (exact) mass is 473 g/mol. The number of carbonyl (C=O) groups is 2. The van der Waals surface area contributed by atoms with Gasteiger partial charge in [-0.25, -0.2) is 0 Å². The second-order valence-electron chi connectivity index (χ2n) is 6.93. The lowest BCUT2D eigenvalue weighted by molar-refractivity contribution is -0.140. The van der Waals surface area contributed by atoms with Gasteiger partial charge in [-0.1, -0.05) is 31.2 Å². The molecular weight excluding hydrogens is 450 g/mol. The molecular formula is C23H24BrNO5. The molecule has 7 heteroatoms. The van der Waals surface area contributed by atoms with Crippen LogP contribution in [0.2, 0.25) is 0 Å². The highest BCUT2D eigenvalue weighted by Gasteiger charge is 2.45. The third kappa shape index (κ3) is 4.13. The Morgan fingerprint density at radius 2 is 1.83 bits per heavy atom. The maximum atomic E-state index is 12.9. The van der Waals surface area contributed by atoms with Crippen molar-refractivity contribution in [3.8, 4) is 5.75 Å². The largest absolute Gasteiger partial charge is 0.507 e. The minimum atomic E-state index is -0.708. The Morgan fingerprint density at radius 3 is 2.40 bits per heavy atom. The van der Waals surface area contributed by atoms with Crippen LogP contribution in [0.4, 0.5) is 0 Å². The van der Waals surface area contributed by atoms with Gasteiger partial charge in [0, 0.05) is 19.2 Å². The maximum absolute atomic E-state index is 12.9. The number of likely N-dealkylation sites (tertiary alicyclic amines) is 1. The van der Waals surface area contributed by atoms with Crippen LogP contribution < -0.4 is 4.74 Å². The van der Waals surface area contributed by atoms with Crippen molar-refractivity contribution in [2.24, 2.45) is 0 Å². The van der Waals surface area contributed by atoms with E-state index >= 15 is 0 Å². The van der Waals surface area contributed by atoms with E-state index in [4.69, 9.17) is 9.47 Å². The van der Waals surface area contributed by atoms with Gasteiger partial charge < -0.3 is 19.5 Å². The third-order valence-corrected chi connectivity index (χ3v) is 5.82. The van der Waals surface area contributed by atoms with Crippen molar-refractivity contribution < 1.29 is 24.2 Å². The van der Waals surface area contributed by atoms with Crippen LogP contribution in [0.5, 0.6) is 5.75 Å². The highest BCUT2D eigenvalue weighted by atomic mass is 79.9. The van der Waals surface area contributed by atoms with Gasteiger partial charge in [0.15, 0.2) is 0 Å². The molecule has 1 aliphatic rings. The Kier molecular flexibility index (Phi) is 6.95. The average Bonchev–Trinajstić information content (AvgIpc) is 3.01. The average molecular weight is 474 g/mol. The number of hydrogen-bond acceptors (Lipinski definition) is 5. The van der Waals surface area contributed by atoms with E-state index in [1.807, 2.05) is 24.3 Å². The van der Waals surface area contributed by atoms with Gasteiger partial charge in [0.1, 0.15) is 11.5 Å². The van der Waals surface area contributed by atoms with Crippen LogP contribution in [-0.4, -0.2) is 49.1 Å². The smallest absolute Gasteiger partial charge is 0.295 e. The fraction of sp³-hybridized carbons (Fsp3) is 0.304. The molecule has 3 rings (SSSR count). The van der Waals surface area contributed by atoms with E-state index < -0.39 is 17.7 Å². The SMILES string of the molecule is CCc1ccc(C2/C(=C(/O)c3ccc(OC)c(Br)c3)C(=O)C(=O)N2CCOC)cc1. The highest BCUT2D eigenvalue weighted by Crippen LogP contribution is 2.40. The molecule has 1 fully saturated rings. The second kappa shape index (κ2) is 9.45. The van der Waals surface area contributed by atoms with Gasteiger partial charge in [0.2, 0.25) is 0 Å². The fourth-order valence-electron chi connectivity index (χ4n) is 3.55. The van der Waals surface area contributed by atoms with Crippen LogP contribution >= 0.6 is 15.9 Å². The molecule has 1 atom stereocenters. The number of hydrogen-bond donors (Lipinski definition) is 1. The summed E-state index contributed by atoms with van der Waals surface area (Å²) < 4.78 is 11.0. The first-order valence-corrected chi connectivity index (χ1v) is 10.4. The molecule has 1 saturated heterocycles. The first-order chi connectivity index (χ1) is 14.4. The number of amides is 1. The highest BCUT2D eigenvalue weighted by molar-refractivity contribution is 9.10. The molecule has 0 aliphatic carbocycles. The molecule has 1 unspecified atom stereocenters. The summed E-state index contributed by atoms with van der Waals surface area (Å²) >= 11 is 3.40. The number of aliphatic hydroxyl groups excluding tert-OH is 1. The second-order valence-corrected chi connectivity index (χ2v) is 7.78. The van der Waals surface area contributed by atoms with Gasteiger partial charge in [-0.05, 0) is 51.7 Å². The number of Topliss-reactive ketones (excluding diaryl/α,β-unsaturated/α-hetero) is 1. The molecule has 158 valence electrons. The summed E-state index contributed by atoms with van der Waals surface area (Å²) in [6.07, 6.45) is 0.879. The van der Waals surface area contributed by atoms with Crippen molar-refractivity contribution in [1.29, 1.82) is 0 Å². The van der Waals surface area contributed by atoms with Crippen LogP contribution in [0.3, 0.4) is 0 Å². The molecule has 0 bridgehead atoms. The normalized spacial score (nSPS) is 18.1. The zero-order valence-electron chi connectivity index (χ0n) is 17.1. The van der Waals surface area contributed by atoms with E-state index in [0.29, 0.717) is 15.8 Å². The van der Waals surface area contributed by atoms with Gasteiger partial charge in [-0.15, -0.1) is 0 Å². The number of carbonyl (C=O) groups excluding carboxylic acids is 2. The summed E-state index contributed by atoms with van der Waals surface area (Å²) in [4.78, 5) is 27.2. The third-order valence-electron chi connectivity index (χ3n) is 5.21. The summed E-state index contributed by atoms with van der Waals surface area (Å²) in [5, 5.41) is 11.1. The fourth-order valence-corrected chi connectivity index (χ4v) is 4.09. The summed E-state index contributed by atoms with van der Waals surface area (Å²) in [6.45, 7) is 2.58. The van der Waals surface area contributed by atoms with Crippen molar-refractivity contribution in [2.75, 3.05) is 27.4 Å². The molecule has 1 N–H and O–H groups in total. The van der Waals surface area contributed by atoms with E-state index in [-0.39, 0.29) is 24.5 Å². The first kappa shape index (κ1) is 22.1.